The number of methoxy groups -OCH3 is 1. The fourth-order valence-corrected chi connectivity index (χ4v) is 1.74. The molecular formula is C11H22N2O2. The average Bonchev–Trinajstić information content (AvgIpc) is 2.99. The van der Waals surface area contributed by atoms with Gasteiger partial charge in [0.15, 0.2) is 0 Å². The van der Waals surface area contributed by atoms with Gasteiger partial charge in [-0.2, -0.15) is 0 Å². The number of nitrogens with one attached hydrogen (secondary N) is 1. The van der Waals surface area contributed by atoms with E-state index in [2.05, 4.69) is 17.3 Å². The van der Waals surface area contributed by atoms with Crippen molar-refractivity contribution in [2.75, 3.05) is 33.8 Å². The summed E-state index contributed by atoms with van der Waals surface area (Å²) in [5.41, 5.74) is 0. The molecule has 1 atom stereocenters. The maximum Gasteiger partial charge on any atom is 0.324 e. The summed E-state index contributed by atoms with van der Waals surface area (Å²) in [5, 5.41) is 3.14. The first-order valence-corrected chi connectivity index (χ1v) is 5.67. The summed E-state index contributed by atoms with van der Waals surface area (Å²) < 4.78 is 4.76. The van der Waals surface area contributed by atoms with Gasteiger partial charge in [0.25, 0.3) is 0 Å². The van der Waals surface area contributed by atoms with Gasteiger partial charge in [-0.1, -0.05) is 6.92 Å². The predicted octanol–water partition coefficient (Wildman–Crippen LogP) is 0.479. The maximum atomic E-state index is 11.4. The Labute approximate surface area is 92.0 Å². The van der Waals surface area contributed by atoms with Crippen molar-refractivity contribution in [2.24, 2.45) is 5.92 Å². The number of carbonyl (C=O) groups excluding carboxylic acids is 1. The van der Waals surface area contributed by atoms with Gasteiger partial charge in [-0.3, -0.25) is 4.79 Å². The molecule has 1 saturated carbocycles. The molecule has 0 spiro atoms. The van der Waals surface area contributed by atoms with Crippen LogP contribution < -0.4 is 5.32 Å². The molecule has 1 rings (SSSR count). The van der Waals surface area contributed by atoms with Crippen LogP contribution in [0.2, 0.25) is 0 Å². The number of esters is 1. The van der Waals surface area contributed by atoms with Gasteiger partial charge in [0.1, 0.15) is 6.04 Å². The van der Waals surface area contributed by atoms with Gasteiger partial charge < -0.3 is 15.0 Å². The summed E-state index contributed by atoms with van der Waals surface area (Å²) in [6.45, 7) is 4.61. The lowest BCUT2D eigenvalue weighted by Crippen LogP contribution is -2.46. The van der Waals surface area contributed by atoms with Crippen LogP contribution in [0.5, 0.6) is 0 Å². The van der Waals surface area contributed by atoms with Crippen LogP contribution in [0.15, 0.2) is 0 Å². The van der Waals surface area contributed by atoms with E-state index >= 15 is 0 Å². The van der Waals surface area contributed by atoms with Gasteiger partial charge in [-0.15, -0.1) is 0 Å². The Morgan fingerprint density at radius 1 is 1.60 bits per heavy atom. The molecule has 1 fully saturated rings. The Morgan fingerprint density at radius 3 is 2.73 bits per heavy atom. The largest absolute Gasteiger partial charge is 0.468 e. The Hall–Kier alpha value is -0.610. The third-order valence-corrected chi connectivity index (χ3v) is 2.70. The average molecular weight is 214 g/mol. The predicted molar refractivity (Wildman–Crippen MR) is 59.7 cm³/mol. The molecule has 0 amide bonds. The minimum atomic E-state index is -0.191. The van der Waals surface area contributed by atoms with Crippen LogP contribution in [0.4, 0.5) is 0 Å². The van der Waals surface area contributed by atoms with Crippen LogP contribution in [0.25, 0.3) is 0 Å². The minimum absolute atomic E-state index is 0.167. The van der Waals surface area contributed by atoms with Crippen LogP contribution in [-0.4, -0.2) is 50.7 Å². The molecule has 0 heterocycles. The molecule has 0 radical (unpaired) electrons. The summed E-state index contributed by atoms with van der Waals surface area (Å²) in [5.74, 6) is 0.689. The van der Waals surface area contributed by atoms with Gasteiger partial charge in [-0.05, 0) is 32.4 Å². The number of ether oxygens (including phenoxy) is 1. The summed E-state index contributed by atoms with van der Waals surface area (Å²) in [6, 6.07) is -0.191. The van der Waals surface area contributed by atoms with Gasteiger partial charge in [0.05, 0.1) is 7.11 Å². The molecular weight excluding hydrogens is 192 g/mol. The SMILES string of the molecule is CCNC(CN(C)CC1CC1)C(=O)OC. The van der Waals surface area contributed by atoms with Crippen LogP contribution >= 0.6 is 0 Å². The quantitative estimate of drug-likeness (QED) is 0.626. The number of likely N-dealkylation sites (N-methyl/N-ethyl adjacent to an activating group) is 2. The third-order valence-electron chi connectivity index (χ3n) is 2.70. The molecule has 15 heavy (non-hydrogen) atoms. The lowest BCUT2D eigenvalue weighted by atomic mass is 10.2. The van der Waals surface area contributed by atoms with E-state index in [9.17, 15) is 4.79 Å². The van der Waals surface area contributed by atoms with Crippen LogP contribution in [-0.2, 0) is 9.53 Å². The van der Waals surface area contributed by atoms with Crippen molar-refractivity contribution in [3.8, 4) is 0 Å². The van der Waals surface area contributed by atoms with E-state index in [1.54, 1.807) is 0 Å². The van der Waals surface area contributed by atoms with Crippen LogP contribution in [0.1, 0.15) is 19.8 Å². The number of hydrogen-bond donors (Lipinski definition) is 1. The second-order valence-corrected chi connectivity index (χ2v) is 4.30. The van der Waals surface area contributed by atoms with Crippen molar-refractivity contribution >= 4 is 5.97 Å². The molecule has 0 aromatic heterocycles. The Morgan fingerprint density at radius 2 is 2.27 bits per heavy atom. The second kappa shape index (κ2) is 6.08. The van der Waals surface area contributed by atoms with Gasteiger partial charge in [0, 0.05) is 13.1 Å². The molecule has 0 bridgehead atoms. The first-order valence-electron chi connectivity index (χ1n) is 5.67. The molecule has 1 aliphatic rings. The number of rotatable bonds is 7. The molecule has 4 nitrogen and oxygen atoms in total. The lowest BCUT2D eigenvalue weighted by molar-refractivity contribution is -0.143. The van der Waals surface area contributed by atoms with Gasteiger partial charge >= 0.3 is 5.97 Å². The van der Waals surface area contributed by atoms with Crippen molar-refractivity contribution in [1.29, 1.82) is 0 Å². The number of carbonyl (C=O) groups is 1. The first kappa shape index (κ1) is 12.5. The zero-order chi connectivity index (χ0) is 11.3. The van der Waals surface area contributed by atoms with Crippen molar-refractivity contribution in [1.82, 2.24) is 10.2 Å². The first-order chi connectivity index (χ1) is 7.17. The molecule has 4 heteroatoms. The summed E-state index contributed by atoms with van der Waals surface area (Å²) >= 11 is 0. The molecule has 0 saturated heterocycles. The van der Waals surface area contributed by atoms with Gasteiger partial charge in [-0.25, -0.2) is 0 Å². The zero-order valence-electron chi connectivity index (χ0n) is 9.95. The fraction of sp³-hybridized carbons (Fsp3) is 0.909. The van der Waals surface area contributed by atoms with Crippen molar-refractivity contribution in [2.45, 2.75) is 25.8 Å². The summed E-state index contributed by atoms with van der Waals surface area (Å²) in [4.78, 5) is 13.6. The highest BCUT2D eigenvalue weighted by Crippen LogP contribution is 2.29. The normalized spacial score (nSPS) is 17.9. The molecule has 1 aliphatic carbocycles. The molecule has 0 aromatic carbocycles. The van der Waals surface area contributed by atoms with E-state index in [1.165, 1.54) is 20.0 Å². The highest BCUT2D eigenvalue weighted by molar-refractivity contribution is 5.75. The Balaban J connectivity index is 2.30. The van der Waals surface area contributed by atoms with Crippen molar-refractivity contribution < 1.29 is 9.53 Å². The molecule has 1 unspecified atom stereocenters. The third kappa shape index (κ3) is 4.62. The van der Waals surface area contributed by atoms with Crippen LogP contribution in [0, 0.1) is 5.92 Å². The van der Waals surface area contributed by atoms with E-state index in [-0.39, 0.29) is 12.0 Å². The number of hydrogen-bond acceptors (Lipinski definition) is 4. The standard InChI is InChI=1S/C11H22N2O2/c1-4-12-10(11(14)15-3)8-13(2)7-9-5-6-9/h9-10,12H,4-8H2,1-3H3. The van der Waals surface area contributed by atoms with E-state index in [0.29, 0.717) is 0 Å². The maximum absolute atomic E-state index is 11.4. The van der Waals surface area contributed by atoms with E-state index in [1.807, 2.05) is 6.92 Å². The zero-order valence-corrected chi connectivity index (χ0v) is 9.95. The Kier molecular flexibility index (Phi) is 5.05. The Bertz CT molecular complexity index is 205. The molecule has 1 N–H and O–H groups in total. The van der Waals surface area contributed by atoms with E-state index in [0.717, 1.165) is 25.6 Å². The second-order valence-electron chi connectivity index (χ2n) is 4.30. The lowest BCUT2D eigenvalue weighted by Gasteiger charge is -2.22. The highest BCUT2D eigenvalue weighted by Gasteiger charge is 2.25. The molecule has 88 valence electrons. The number of nitrogens with zero attached hydrogens (tertiary/aromatic N) is 1. The van der Waals surface area contributed by atoms with E-state index in [4.69, 9.17) is 4.74 Å². The fourth-order valence-electron chi connectivity index (χ4n) is 1.74. The van der Waals surface area contributed by atoms with Crippen molar-refractivity contribution in [3.05, 3.63) is 0 Å². The highest BCUT2D eigenvalue weighted by atomic mass is 16.5. The summed E-state index contributed by atoms with van der Waals surface area (Å²) in [7, 11) is 3.50. The topological polar surface area (TPSA) is 41.6 Å². The summed E-state index contributed by atoms with van der Waals surface area (Å²) in [6.07, 6.45) is 2.68. The van der Waals surface area contributed by atoms with Crippen molar-refractivity contribution in [3.63, 3.8) is 0 Å². The van der Waals surface area contributed by atoms with E-state index < -0.39 is 0 Å². The molecule has 0 aliphatic heterocycles. The monoisotopic (exact) mass is 214 g/mol. The molecule has 0 aromatic rings. The smallest absolute Gasteiger partial charge is 0.324 e. The van der Waals surface area contributed by atoms with Crippen LogP contribution in [0.3, 0.4) is 0 Å². The minimum Gasteiger partial charge on any atom is -0.468 e. The van der Waals surface area contributed by atoms with Gasteiger partial charge in [0.2, 0.25) is 0 Å².